The molecule has 2 aromatic heterocycles. The molecule has 0 bridgehead atoms. The first-order chi connectivity index (χ1) is 14.4. The molecule has 3 rings (SSSR count). The van der Waals surface area contributed by atoms with Gasteiger partial charge in [-0.05, 0) is 54.4 Å². The molecule has 6 nitrogen and oxygen atoms in total. The molecule has 0 radical (unpaired) electrons. The maximum atomic E-state index is 12.7. The molecular weight excluding hydrogens is 394 g/mol. The summed E-state index contributed by atoms with van der Waals surface area (Å²) in [7, 11) is 4.28. The van der Waals surface area contributed by atoms with E-state index in [1.807, 2.05) is 48.4 Å². The van der Waals surface area contributed by atoms with Gasteiger partial charge < -0.3 is 20.1 Å². The predicted molar refractivity (Wildman–Crippen MR) is 126 cm³/mol. The fraction of sp³-hybridized carbons (Fsp3) is 0.348. The number of nitrogens with one attached hydrogen (secondary N) is 3. The third-order valence-electron chi connectivity index (χ3n) is 4.95. The summed E-state index contributed by atoms with van der Waals surface area (Å²) in [5.74, 6) is 0. The van der Waals surface area contributed by atoms with Crippen molar-refractivity contribution in [3.05, 3.63) is 75.8 Å². The summed E-state index contributed by atoms with van der Waals surface area (Å²) in [4.78, 5) is 23.3. The van der Waals surface area contributed by atoms with Gasteiger partial charge >= 0.3 is 0 Å². The number of benzene rings is 1. The lowest BCUT2D eigenvalue weighted by Crippen LogP contribution is -3.05. The van der Waals surface area contributed by atoms with Crippen LogP contribution < -0.4 is 15.8 Å². The first-order valence-electron chi connectivity index (χ1n) is 10.3. The fourth-order valence-electron chi connectivity index (χ4n) is 3.35. The Morgan fingerprint density at radius 2 is 2.07 bits per heavy atom. The van der Waals surface area contributed by atoms with E-state index in [1.54, 1.807) is 6.20 Å². The van der Waals surface area contributed by atoms with Crippen LogP contribution in [-0.4, -0.2) is 47.2 Å². The van der Waals surface area contributed by atoms with Crippen molar-refractivity contribution < 1.29 is 4.90 Å². The van der Waals surface area contributed by atoms with Gasteiger partial charge in [0.05, 0.1) is 27.2 Å². The Morgan fingerprint density at radius 1 is 1.23 bits per heavy atom. The highest BCUT2D eigenvalue weighted by Crippen LogP contribution is 2.15. The zero-order valence-corrected chi connectivity index (χ0v) is 18.7. The van der Waals surface area contributed by atoms with Crippen molar-refractivity contribution >= 4 is 28.2 Å². The lowest BCUT2D eigenvalue weighted by atomic mass is 10.1. The molecule has 1 aromatic carbocycles. The Kier molecular flexibility index (Phi) is 7.54. The van der Waals surface area contributed by atoms with Gasteiger partial charge in [0, 0.05) is 43.0 Å². The van der Waals surface area contributed by atoms with Gasteiger partial charge in [0.25, 0.3) is 5.56 Å². The smallest absolute Gasteiger partial charge is 0.253 e. The molecule has 0 aliphatic heterocycles. The zero-order valence-electron chi connectivity index (χ0n) is 17.9. The average molecular weight is 425 g/mol. The Bertz CT molecular complexity index is 1050. The van der Waals surface area contributed by atoms with Crippen LogP contribution >= 0.6 is 12.2 Å². The molecule has 2 heterocycles. The van der Waals surface area contributed by atoms with Crippen LogP contribution in [-0.2, 0) is 13.1 Å². The van der Waals surface area contributed by atoms with Gasteiger partial charge in [-0.1, -0.05) is 17.7 Å². The molecule has 0 fully saturated rings. The monoisotopic (exact) mass is 424 g/mol. The highest BCUT2D eigenvalue weighted by molar-refractivity contribution is 7.80. The van der Waals surface area contributed by atoms with Crippen molar-refractivity contribution in [3.63, 3.8) is 0 Å². The van der Waals surface area contributed by atoms with E-state index < -0.39 is 0 Å². The van der Waals surface area contributed by atoms with E-state index in [4.69, 9.17) is 12.2 Å². The SMILES string of the molecule is Cc1ccc2[nH]c(=O)c(CN(Cc3cccnc3)C(=S)NCCC[NH+](C)C)cc2c1. The van der Waals surface area contributed by atoms with Crippen LogP contribution in [0.2, 0.25) is 0 Å². The van der Waals surface area contributed by atoms with Crippen molar-refractivity contribution in [2.45, 2.75) is 26.4 Å². The highest BCUT2D eigenvalue weighted by Gasteiger charge is 2.14. The molecule has 0 saturated heterocycles. The van der Waals surface area contributed by atoms with Crippen LogP contribution in [0.5, 0.6) is 0 Å². The van der Waals surface area contributed by atoms with Gasteiger partial charge in [-0.3, -0.25) is 9.78 Å². The molecule has 0 aliphatic carbocycles. The van der Waals surface area contributed by atoms with E-state index in [9.17, 15) is 4.79 Å². The fourth-order valence-corrected chi connectivity index (χ4v) is 3.59. The van der Waals surface area contributed by atoms with Gasteiger partial charge in [-0.15, -0.1) is 0 Å². The van der Waals surface area contributed by atoms with Gasteiger partial charge in [0.1, 0.15) is 0 Å². The lowest BCUT2D eigenvalue weighted by molar-refractivity contribution is -0.858. The number of H-pyrrole nitrogens is 1. The molecular formula is C23H30N5OS+. The van der Waals surface area contributed by atoms with E-state index in [-0.39, 0.29) is 5.56 Å². The van der Waals surface area contributed by atoms with Crippen LogP contribution in [0.25, 0.3) is 10.9 Å². The second-order valence-corrected chi connectivity index (χ2v) is 8.36. The summed E-state index contributed by atoms with van der Waals surface area (Å²) >= 11 is 5.69. The minimum Gasteiger partial charge on any atom is -0.362 e. The van der Waals surface area contributed by atoms with E-state index in [2.05, 4.69) is 35.4 Å². The summed E-state index contributed by atoms with van der Waals surface area (Å²) < 4.78 is 0. The summed E-state index contributed by atoms with van der Waals surface area (Å²) in [5, 5.41) is 5.03. The van der Waals surface area contributed by atoms with Crippen molar-refractivity contribution in [3.8, 4) is 0 Å². The van der Waals surface area contributed by atoms with E-state index >= 15 is 0 Å². The summed E-state index contributed by atoms with van der Waals surface area (Å²) in [6.07, 6.45) is 4.61. The Balaban J connectivity index is 1.81. The number of hydrogen-bond donors (Lipinski definition) is 3. The number of thiocarbonyl (C=S) groups is 1. The molecule has 158 valence electrons. The largest absolute Gasteiger partial charge is 0.362 e. The standard InChI is InChI=1S/C23H29N5OS/c1-17-7-8-21-19(12-17)13-20(22(29)26-21)16-28(15-18-6-4-9-24-14-18)23(30)25-10-5-11-27(2)3/h4,6-9,12-14H,5,10-11,15-16H2,1-3H3,(H,25,30)(H,26,29)/p+1. The molecule has 7 heteroatoms. The number of aromatic nitrogens is 2. The second kappa shape index (κ2) is 10.3. The maximum Gasteiger partial charge on any atom is 0.253 e. The van der Waals surface area contributed by atoms with Crippen molar-refractivity contribution in [2.75, 3.05) is 27.2 Å². The second-order valence-electron chi connectivity index (χ2n) is 7.97. The molecule has 0 aliphatic rings. The highest BCUT2D eigenvalue weighted by atomic mass is 32.1. The van der Waals surface area contributed by atoms with Crippen LogP contribution in [0, 0.1) is 6.92 Å². The Hall–Kier alpha value is -2.77. The number of rotatable bonds is 8. The van der Waals surface area contributed by atoms with Gasteiger partial charge in [-0.2, -0.15) is 0 Å². The molecule has 0 amide bonds. The van der Waals surface area contributed by atoms with Crippen molar-refractivity contribution in [1.82, 2.24) is 20.2 Å². The zero-order chi connectivity index (χ0) is 21.5. The normalized spacial score (nSPS) is 11.1. The molecule has 30 heavy (non-hydrogen) atoms. The summed E-state index contributed by atoms with van der Waals surface area (Å²) in [6.45, 7) is 4.94. The number of aryl methyl sites for hydroxylation is 1. The first-order valence-corrected chi connectivity index (χ1v) is 10.7. The number of aromatic amines is 1. The molecule has 3 N–H and O–H groups in total. The maximum absolute atomic E-state index is 12.7. The quantitative estimate of drug-likeness (QED) is 0.379. The third kappa shape index (κ3) is 6.11. The van der Waals surface area contributed by atoms with E-state index in [0.717, 1.165) is 41.5 Å². The lowest BCUT2D eigenvalue weighted by Gasteiger charge is -2.26. The van der Waals surface area contributed by atoms with Crippen molar-refractivity contribution in [1.29, 1.82) is 0 Å². The molecule has 0 spiro atoms. The average Bonchev–Trinajstić information content (AvgIpc) is 2.72. The van der Waals surface area contributed by atoms with E-state index in [1.165, 1.54) is 4.90 Å². The summed E-state index contributed by atoms with van der Waals surface area (Å²) in [5.41, 5.74) is 3.67. The number of fused-ring (bicyclic) bond motifs is 1. The number of nitrogens with zero attached hydrogens (tertiary/aromatic N) is 2. The molecule has 0 atom stereocenters. The molecule has 0 unspecified atom stereocenters. The Morgan fingerprint density at radius 3 is 2.80 bits per heavy atom. The van der Waals surface area contributed by atoms with E-state index in [0.29, 0.717) is 23.8 Å². The first kappa shape index (κ1) is 21.9. The van der Waals surface area contributed by atoms with Gasteiger partial charge in [-0.25, -0.2) is 0 Å². The molecule has 3 aromatic rings. The van der Waals surface area contributed by atoms with Gasteiger partial charge in [0.15, 0.2) is 5.11 Å². The minimum absolute atomic E-state index is 0.0819. The third-order valence-corrected chi connectivity index (χ3v) is 5.35. The number of hydrogen-bond acceptors (Lipinski definition) is 3. The number of pyridine rings is 2. The number of quaternary nitrogens is 1. The minimum atomic E-state index is -0.0819. The molecule has 0 saturated carbocycles. The van der Waals surface area contributed by atoms with Crippen LogP contribution in [0.4, 0.5) is 0 Å². The Labute approximate surface area is 182 Å². The van der Waals surface area contributed by atoms with Crippen LogP contribution in [0.1, 0.15) is 23.1 Å². The predicted octanol–water partition coefficient (Wildman–Crippen LogP) is 1.64. The van der Waals surface area contributed by atoms with Crippen molar-refractivity contribution in [2.24, 2.45) is 0 Å². The topological polar surface area (TPSA) is 65.5 Å². The van der Waals surface area contributed by atoms with Crippen LogP contribution in [0.3, 0.4) is 0 Å². The van der Waals surface area contributed by atoms with Crippen LogP contribution in [0.15, 0.2) is 53.6 Å². The summed E-state index contributed by atoms with van der Waals surface area (Å²) in [6, 6.07) is 11.9. The van der Waals surface area contributed by atoms with Gasteiger partial charge in [0.2, 0.25) is 0 Å².